The highest BCUT2D eigenvalue weighted by atomic mass is 31.2. The number of hydrogen-bond donors (Lipinski definition) is 3. The van der Waals surface area contributed by atoms with Crippen molar-refractivity contribution in [3.8, 4) is 0 Å². The fourth-order valence-corrected chi connectivity index (χ4v) is 4.84. The average molecular weight is 461 g/mol. The summed E-state index contributed by atoms with van der Waals surface area (Å²) < 4.78 is 12.1. The van der Waals surface area contributed by atoms with Crippen molar-refractivity contribution in [3.63, 3.8) is 0 Å². The van der Waals surface area contributed by atoms with E-state index in [1.807, 2.05) is 21.1 Å². The molecule has 0 radical (unpaired) electrons. The number of hydrogen-bond acceptors (Lipinski definition) is 2. The molecule has 0 aliphatic heterocycles. The van der Waals surface area contributed by atoms with Crippen LogP contribution >= 0.6 is 7.60 Å². The molecule has 0 spiro atoms. The molecular weight excluding hydrogens is 409 g/mol. The van der Waals surface area contributed by atoms with Gasteiger partial charge in [0.25, 0.3) is 0 Å². The molecule has 0 bridgehead atoms. The predicted octanol–water partition coefficient (Wildman–Crippen LogP) is 6.54. The quantitative estimate of drug-likeness (QED) is 0.0834. The Balaban J connectivity index is 3.68. The summed E-state index contributed by atoms with van der Waals surface area (Å²) in [5, 5.41) is 8.62. The first-order chi connectivity index (χ1) is 14.5. The number of unbranched alkanes of at least 4 members (excludes halogenated alkanes) is 11. The molecule has 0 aromatic carbocycles. The fraction of sp³-hybridized carbons (Fsp3) is 0.840. The van der Waals surface area contributed by atoms with Gasteiger partial charge >= 0.3 is 7.60 Å². The van der Waals surface area contributed by atoms with E-state index in [9.17, 15) is 19.5 Å². The number of nitrogens with zero attached hydrogens (tertiary/aromatic N) is 1. The van der Waals surface area contributed by atoms with Gasteiger partial charge in [-0.05, 0) is 51.4 Å². The van der Waals surface area contributed by atoms with Crippen LogP contribution in [-0.4, -0.2) is 52.4 Å². The van der Waals surface area contributed by atoms with Crippen molar-refractivity contribution in [1.82, 2.24) is 0 Å². The highest BCUT2D eigenvalue weighted by Gasteiger charge is 2.48. The third-order valence-electron chi connectivity index (χ3n) is 5.52. The van der Waals surface area contributed by atoms with Gasteiger partial charge in [-0.15, -0.1) is 0 Å². The van der Waals surface area contributed by atoms with Gasteiger partial charge in [0.15, 0.2) is 0 Å². The van der Waals surface area contributed by atoms with Crippen LogP contribution in [0.4, 0.5) is 0 Å². The molecule has 0 heterocycles. The van der Waals surface area contributed by atoms with Crippen molar-refractivity contribution in [2.24, 2.45) is 0 Å². The summed E-state index contributed by atoms with van der Waals surface area (Å²) >= 11 is 0. The average Bonchev–Trinajstić information content (AvgIpc) is 2.65. The molecule has 184 valence electrons. The second-order valence-electron chi connectivity index (χ2n) is 10.0. The summed E-state index contributed by atoms with van der Waals surface area (Å²) in [6.07, 6.45) is 25.4. The summed E-state index contributed by atoms with van der Waals surface area (Å²) in [4.78, 5) is 19.2. The molecule has 31 heavy (non-hydrogen) atoms. The highest BCUT2D eigenvalue weighted by Crippen LogP contribution is 2.52. The zero-order chi connectivity index (χ0) is 23.6. The van der Waals surface area contributed by atoms with Crippen molar-refractivity contribution in [2.45, 2.75) is 109 Å². The first-order valence-electron chi connectivity index (χ1n) is 12.4. The van der Waals surface area contributed by atoms with E-state index >= 15 is 0 Å². The lowest BCUT2D eigenvalue weighted by Crippen LogP contribution is -2.49. The van der Waals surface area contributed by atoms with Crippen LogP contribution in [-0.2, 0) is 4.57 Å². The van der Waals surface area contributed by atoms with E-state index in [1.54, 1.807) is 0 Å². The monoisotopic (exact) mass is 460 g/mol. The van der Waals surface area contributed by atoms with E-state index in [0.717, 1.165) is 25.7 Å². The summed E-state index contributed by atoms with van der Waals surface area (Å²) in [5.41, 5.74) is 0. The molecule has 3 N–H and O–H groups in total. The Labute approximate surface area is 192 Å². The minimum atomic E-state index is -4.55. The number of aliphatic hydroxyl groups is 1. The number of likely N-dealkylation sites (N-methyl/N-ethyl adjacent to an activating group) is 1. The number of rotatable bonds is 20. The molecule has 0 aliphatic carbocycles. The Morgan fingerprint density at radius 3 is 1.58 bits per heavy atom. The van der Waals surface area contributed by atoms with Crippen LogP contribution in [0.5, 0.6) is 0 Å². The van der Waals surface area contributed by atoms with Gasteiger partial charge in [0.2, 0.25) is 5.34 Å². The van der Waals surface area contributed by atoms with Gasteiger partial charge in [-0.1, -0.05) is 76.2 Å². The second-order valence-corrected chi connectivity index (χ2v) is 11.9. The van der Waals surface area contributed by atoms with Crippen molar-refractivity contribution in [1.29, 1.82) is 0 Å². The maximum atomic E-state index is 11.8. The van der Waals surface area contributed by atoms with Gasteiger partial charge in [0, 0.05) is 0 Å². The highest BCUT2D eigenvalue weighted by molar-refractivity contribution is 7.53. The standard InChI is InChI=1S/C25H50NO4P/c1-5-6-7-8-9-10-11-12-13-14-15-16-17-18-19-20-21-22-23-25(27,31(28,29)30)24-26(2,3)4/h8-9,13-14,27H,5-7,10-12,15-24H2,1-4H3,(H-,28,29,30)/p+1/b9-8-,14-13-. The smallest absolute Gasteiger partial charge is 0.362 e. The summed E-state index contributed by atoms with van der Waals surface area (Å²) in [5.74, 6) is 0. The maximum Gasteiger partial charge on any atom is 0.362 e. The van der Waals surface area contributed by atoms with E-state index in [4.69, 9.17) is 0 Å². The number of quaternary nitrogens is 1. The van der Waals surface area contributed by atoms with Crippen LogP contribution in [0.3, 0.4) is 0 Å². The van der Waals surface area contributed by atoms with Gasteiger partial charge in [0.05, 0.1) is 21.1 Å². The van der Waals surface area contributed by atoms with E-state index in [2.05, 4.69) is 31.2 Å². The molecule has 1 atom stereocenters. The Hall–Kier alpha value is -0.450. The van der Waals surface area contributed by atoms with Crippen LogP contribution in [0.2, 0.25) is 0 Å². The molecule has 0 rings (SSSR count). The second kappa shape index (κ2) is 17.1. The topological polar surface area (TPSA) is 77.8 Å². The third-order valence-corrected chi connectivity index (χ3v) is 6.97. The van der Waals surface area contributed by atoms with Crippen LogP contribution in [0, 0.1) is 0 Å². The molecule has 0 amide bonds. The lowest BCUT2D eigenvalue weighted by Gasteiger charge is -2.35. The van der Waals surface area contributed by atoms with Crippen LogP contribution < -0.4 is 0 Å². The largest absolute Gasteiger partial charge is 0.373 e. The van der Waals surface area contributed by atoms with Gasteiger partial charge in [0.1, 0.15) is 6.54 Å². The Morgan fingerprint density at radius 1 is 0.710 bits per heavy atom. The minimum Gasteiger partial charge on any atom is -0.373 e. The third kappa shape index (κ3) is 17.7. The van der Waals surface area contributed by atoms with Crippen LogP contribution in [0.1, 0.15) is 103 Å². The molecule has 6 heteroatoms. The zero-order valence-electron chi connectivity index (χ0n) is 20.8. The Bertz CT molecular complexity index is 536. The summed E-state index contributed by atoms with van der Waals surface area (Å²) in [6, 6.07) is 0. The van der Waals surface area contributed by atoms with Gasteiger partial charge < -0.3 is 19.4 Å². The maximum absolute atomic E-state index is 11.8. The lowest BCUT2D eigenvalue weighted by molar-refractivity contribution is -0.875. The molecule has 0 aliphatic rings. The van der Waals surface area contributed by atoms with Crippen molar-refractivity contribution in [3.05, 3.63) is 24.3 Å². The molecule has 0 aromatic heterocycles. The van der Waals surface area contributed by atoms with E-state index in [0.29, 0.717) is 10.9 Å². The first-order valence-corrected chi connectivity index (χ1v) is 14.0. The fourth-order valence-electron chi connectivity index (χ4n) is 3.78. The minimum absolute atomic E-state index is 0.0560. The van der Waals surface area contributed by atoms with Crippen LogP contribution in [0.15, 0.2) is 24.3 Å². The molecule has 0 fully saturated rings. The molecule has 0 aromatic rings. The van der Waals surface area contributed by atoms with Crippen molar-refractivity contribution >= 4 is 7.60 Å². The molecular formula is C25H51NO4P+. The molecule has 0 saturated heterocycles. The summed E-state index contributed by atoms with van der Waals surface area (Å²) in [6.45, 7) is 2.28. The van der Waals surface area contributed by atoms with Gasteiger partial charge in [-0.2, -0.15) is 0 Å². The van der Waals surface area contributed by atoms with Gasteiger partial charge in [-0.3, -0.25) is 4.57 Å². The van der Waals surface area contributed by atoms with Crippen molar-refractivity contribution in [2.75, 3.05) is 27.7 Å². The van der Waals surface area contributed by atoms with E-state index < -0.39 is 12.9 Å². The SMILES string of the molecule is CCCC/C=C\CCC/C=C\CCCCCCCCCC(O)(C[N+](C)(C)C)P(=O)(O)O. The Kier molecular flexibility index (Phi) is 16.8. The molecule has 1 unspecified atom stereocenters. The Morgan fingerprint density at radius 2 is 1.13 bits per heavy atom. The first kappa shape index (κ1) is 30.6. The zero-order valence-corrected chi connectivity index (χ0v) is 21.7. The van der Waals surface area contributed by atoms with Gasteiger partial charge in [-0.25, -0.2) is 0 Å². The van der Waals surface area contributed by atoms with E-state index in [-0.39, 0.29) is 13.0 Å². The lowest BCUT2D eigenvalue weighted by atomic mass is 10.0. The summed E-state index contributed by atoms with van der Waals surface area (Å²) in [7, 11) is 0.962. The van der Waals surface area contributed by atoms with Crippen molar-refractivity contribution < 1.29 is 23.9 Å². The predicted molar refractivity (Wildman–Crippen MR) is 133 cm³/mol. The van der Waals surface area contributed by atoms with E-state index in [1.165, 1.54) is 57.8 Å². The number of allylic oxidation sites excluding steroid dienone is 4. The normalized spacial score (nSPS) is 15.2. The molecule has 5 nitrogen and oxygen atoms in total. The van der Waals surface area contributed by atoms with Crippen LogP contribution in [0.25, 0.3) is 0 Å². The molecule has 0 saturated carbocycles.